The number of carbonyl (C=O) groups excluding carboxylic acids is 3. The highest BCUT2D eigenvalue weighted by Crippen LogP contribution is 2.34. The maximum atomic E-state index is 12.9. The maximum Gasteiger partial charge on any atom is 0.344 e. The molecule has 3 N–H and O–H groups in total. The average molecular weight is 394 g/mol. The van der Waals surface area contributed by atoms with Crippen LogP contribution >= 0.6 is 0 Å². The molecule has 1 saturated heterocycles. The van der Waals surface area contributed by atoms with Crippen molar-refractivity contribution in [2.24, 2.45) is 5.92 Å². The Labute approximate surface area is 169 Å². The van der Waals surface area contributed by atoms with Crippen molar-refractivity contribution < 1.29 is 14.4 Å². The first-order valence-corrected chi connectivity index (χ1v) is 10.6. The van der Waals surface area contributed by atoms with Gasteiger partial charge in [-0.3, -0.25) is 15.0 Å². The molecular weight excluding hydrogens is 368 g/mol. The van der Waals surface area contributed by atoms with Crippen LogP contribution in [0.15, 0.2) is 18.2 Å². The number of hydrogen-bond acceptors (Lipinski definition) is 3. The van der Waals surface area contributed by atoms with Crippen molar-refractivity contribution in [2.45, 2.75) is 63.8 Å². The first-order chi connectivity index (χ1) is 14.0. The standard InChI is InChI=1S/C22H26N4O3/c1-13-5-7-17-15(11-13)16-12-14(6-8-18(16)23-17)19(27)25-26-20(28)22(24-21(26)29)9-3-2-4-10-22/h6,8,12-13,23H,2-5,7,9-11H2,1H3,(H,24,29)(H,25,27)/t13-/m0/s1. The number of hydrazine groups is 1. The minimum atomic E-state index is -0.845. The molecule has 5 rings (SSSR count). The normalized spacial score (nSPS) is 23.3. The van der Waals surface area contributed by atoms with Crippen LogP contribution in [-0.4, -0.2) is 33.4 Å². The average Bonchev–Trinajstić information content (AvgIpc) is 3.18. The van der Waals surface area contributed by atoms with Crippen LogP contribution in [0.5, 0.6) is 0 Å². The third-order valence-electron chi connectivity index (χ3n) is 6.78. The molecular formula is C22H26N4O3. The molecule has 1 spiro atoms. The van der Waals surface area contributed by atoms with E-state index >= 15 is 0 Å². The van der Waals surface area contributed by atoms with E-state index in [1.807, 2.05) is 12.1 Å². The quantitative estimate of drug-likeness (QED) is 0.683. The van der Waals surface area contributed by atoms with Crippen molar-refractivity contribution in [1.29, 1.82) is 0 Å². The Morgan fingerprint density at radius 3 is 2.79 bits per heavy atom. The highest BCUT2D eigenvalue weighted by Gasteiger charge is 2.52. The van der Waals surface area contributed by atoms with Gasteiger partial charge >= 0.3 is 6.03 Å². The summed E-state index contributed by atoms with van der Waals surface area (Å²) < 4.78 is 0. The lowest BCUT2D eigenvalue weighted by atomic mass is 9.82. The summed E-state index contributed by atoms with van der Waals surface area (Å²) in [5, 5.41) is 4.74. The molecule has 2 heterocycles. The molecule has 0 unspecified atom stereocenters. The zero-order chi connectivity index (χ0) is 20.2. The number of hydrogen-bond donors (Lipinski definition) is 3. The third-order valence-corrected chi connectivity index (χ3v) is 6.78. The summed E-state index contributed by atoms with van der Waals surface area (Å²) in [5.74, 6) is -0.164. The highest BCUT2D eigenvalue weighted by atomic mass is 16.2. The SMILES string of the molecule is C[C@H]1CCc2[nH]c3ccc(C(=O)NN4C(=O)NC5(CCCCC5)C4=O)cc3c2C1. The number of aromatic amines is 1. The van der Waals surface area contributed by atoms with Crippen LogP contribution in [0.3, 0.4) is 0 Å². The summed E-state index contributed by atoms with van der Waals surface area (Å²) in [6.07, 6.45) is 7.32. The van der Waals surface area contributed by atoms with E-state index in [2.05, 4.69) is 22.7 Å². The predicted octanol–water partition coefficient (Wildman–Crippen LogP) is 3.19. The van der Waals surface area contributed by atoms with Gasteiger partial charge in [0.15, 0.2) is 0 Å². The second-order valence-electron chi connectivity index (χ2n) is 8.84. The van der Waals surface area contributed by atoms with Gasteiger partial charge in [0, 0.05) is 22.2 Å². The van der Waals surface area contributed by atoms with Gasteiger partial charge in [-0.1, -0.05) is 26.2 Å². The number of H-pyrrole nitrogens is 1. The Kier molecular flexibility index (Phi) is 4.15. The molecule has 4 amide bonds. The molecule has 1 atom stereocenters. The number of carbonyl (C=O) groups is 3. The molecule has 7 heteroatoms. The lowest BCUT2D eigenvalue weighted by Gasteiger charge is -2.30. The van der Waals surface area contributed by atoms with Crippen molar-refractivity contribution in [2.75, 3.05) is 0 Å². The van der Waals surface area contributed by atoms with Gasteiger partial charge in [-0.05, 0) is 61.8 Å². The molecule has 3 aliphatic rings. The van der Waals surface area contributed by atoms with Gasteiger partial charge in [-0.15, -0.1) is 0 Å². The highest BCUT2D eigenvalue weighted by molar-refractivity contribution is 6.09. The Hall–Kier alpha value is -2.83. The van der Waals surface area contributed by atoms with Crippen molar-refractivity contribution in [1.82, 2.24) is 20.7 Å². The number of aromatic nitrogens is 1. The summed E-state index contributed by atoms with van der Waals surface area (Å²) in [4.78, 5) is 41.6. The Bertz CT molecular complexity index is 1020. The van der Waals surface area contributed by atoms with Crippen molar-refractivity contribution >= 4 is 28.7 Å². The molecule has 0 radical (unpaired) electrons. The molecule has 29 heavy (non-hydrogen) atoms. The number of nitrogens with one attached hydrogen (secondary N) is 3. The fourth-order valence-corrected chi connectivity index (χ4v) is 5.11. The Morgan fingerprint density at radius 2 is 2.00 bits per heavy atom. The molecule has 2 aliphatic carbocycles. The molecule has 2 fully saturated rings. The zero-order valence-corrected chi connectivity index (χ0v) is 16.6. The smallest absolute Gasteiger partial charge is 0.344 e. The maximum absolute atomic E-state index is 12.9. The van der Waals surface area contributed by atoms with E-state index in [9.17, 15) is 14.4 Å². The third kappa shape index (κ3) is 2.91. The van der Waals surface area contributed by atoms with Gasteiger partial charge in [-0.25, -0.2) is 4.79 Å². The van der Waals surface area contributed by atoms with Crippen LogP contribution in [0.4, 0.5) is 4.79 Å². The molecule has 1 saturated carbocycles. The van der Waals surface area contributed by atoms with Crippen LogP contribution in [0.25, 0.3) is 10.9 Å². The first kappa shape index (κ1) is 18.2. The minimum Gasteiger partial charge on any atom is -0.358 e. The van der Waals surface area contributed by atoms with Gasteiger partial charge in [0.05, 0.1) is 0 Å². The van der Waals surface area contributed by atoms with E-state index in [1.165, 1.54) is 17.7 Å². The molecule has 2 aromatic rings. The number of urea groups is 1. The predicted molar refractivity (Wildman–Crippen MR) is 108 cm³/mol. The molecule has 1 aromatic carbocycles. The van der Waals surface area contributed by atoms with E-state index in [0.717, 1.165) is 48.0 Å². The lowest BCUT2D eigenvalue weighted by molar-refractivity contribution is -0.134. The molecule has 0 bridgehead atoms. The fourth-order valence-electron chi connectivity index (χ4n) is 5.11. The van der Waals surface area contributed by atoms with Gasteiger partial charge in [-0.2, -0.15) is 5.01 Å². The van der Waals surface area contributed by atoms with E-state index < -0.39 is 17.5 Å². The monoisotopic (exact) mass is 394 g/mol. The van der Waals surface area contributed by atoms with E-state index in [0.29, 0.717) is 24.3 Å². The summed E-state index contributed by atoms with van der Waals surface area (Å²) in [5.41, 5.74) is 5.70. The number of amides is 4. The fraction of sp³-hybridized carbons (Fsp3) is 0.500. The van der Waals surface area contributed by atoms with Gasteiger partial charge in [0.25, 0.3) is 11.8 Å². The second kappa shape index (κ2) is 6.61. The second-order valence-corrected chi connectivity index (χ2v) is 8.84. The van der Waals surface area contributed by atoms with Gasteiger partial charge in [0.2, 0.25) is 0 Å². The topological polar surface area (TPSA) is 94.3 Å². The molecule has 1 aromatic heterocycles. The van der Waals surface area contributed by atoms with Crippen LogP contribution in [0.2, 0.25) is 0 Å². The number of benzene rings is 1. The van der Waals surface area contributed by atoms with Crippen molar-refractivity contribution in [3.63, 3.8) is 0 Å². The van der Waals surface area contributed by atoms with Gasteiger partial charge in [0.1, 0.15) is 5.54 Å². The van der Waals surface area contributed by atoms with E-state index in [4.69, 9.17) is 0 Å². The minimum absolute atomic E-state index is 0.343. The van der Waals surface area contributed by atoms with Crippen molar-refractivity contribution in [3.05, 3.63) is 35.0 Å². The van der Waals surface area contributed by atoms with Crippen LogP contribution in [-0.2, 0) is 17.6 Å². The lowest BCUT2D eigenvalue weighted by Crippen LogP contribution is -2.50. The van der Waals surface area contributed by atoms with Crippen LogP contribution in [0, 0.1) is 5.92 Å². The molecule has 1 aliphatic heterocycles. The van der Waals surface area contributed by atoms with Crippen LogP contribution in [0.1, 0.15) is 67.1 Å². The summed E-state index contributed by atoms with van der Waals surface area (Å²) in [6, 6.07) is 4.96. The zero-order valence-electron chi connectivity index (χ0n) is 16.6. The molecule has 7 nitrogen and oxygen atoms in total. The summed E-state index contributed by atoms with van der Waals surface area (Å²) in [6.45, 7) is 2.25. The van der Waals surface area contributed by atoms with Crippen molar-refractivity contribution in [3.8, 4) is 0 Å². The Morgan fingerprint density at radius 1 is 1.21 bits per heavy atom. The molecule has 152 valence electrons. The summed E-state index contributed by atoms with van der Waals surface area (Å²) >= 11 is 0. The van der Waals surface area contributed by atoms with E-state index in [1.54, 1.807) is 6.07 Å². The largest absolute Gasteiger partial charge is 0.358 e. The number of nitrogens with zero attached hydrogens (tertiary/aromatic N) is 1. The summed E-state index contributed by atoms with van der Waals surface area (Å²) in [7, 11) is 0. The number of aryl methyl sites for hydroxylation is 1. The number of rotatable bonds is 2. The number of fused-ring (bicyclic) bond motifs is 3. The van der Waals surface area contributed by atoms with E-state index in [-0.39, 0.29) is 5.91 Å². The van der Waals surface area contributed by atoms with Crippen LogP contribution < -0.4 is 10.7 Å². The number of imide groups is 1. The Balaban J connectivity index is 1.39. The first-order valence-electron chi connectivity index (χ1n) is 10.6. The van der Waals surface area contributed by atoms with Gasteiger partial charge < -0.3 is 10.3 Å².